The summed E-state index contributed by atoms with van der Waals surface area (Å²) in [7, 11) is 0. The molecule has 6 heteroatoms. The molecular weight excluding hydrogens is 394 g/mol. The largest absolute Gasteiger partial charge is 0.332 e. The second-order valence-corrected chi connectivity index (χ2v) is 7.74. The molecule has 5 nitrogen and oxygen atoms in total. The fourth-order valence-electron chi connectivity index (χ4n) is 3.62. The van der Waals surface area contributed by atoms with E-state index in [1.165, 1.54) is 0 Å². The van der Waals surface area contributed by atoms with Crippen LogP contribution in [0.25, 0.3) is 21.7 Å². The highest BCUT2D eigenvalue weighted by molar-refractivity contribution is 7.71. The number of H-pyrrole nitrogens is 1. The van der Waals surface area contributed by atoms with Crippen LogP contribution in [-0.2, 0) is 11.3 Å². The average Bonchev–Trinajstić information content (AvgIpc) is 2.75. The summed E-state index contributed by atoms with van der Waals surface area (Å²) in [5.41, 5.74) is 1.50. The molecule has 0 atom stereocenters. The lowest BCUT2D eigenvalue weighted by atomic mass is 10.1. The molecule has 0 saturated carbocycles. The number of aromatic amines is 1. The monoisotopic (exact) mass is 417 g/mol. The first-order valence-corrected chi connectivity index (χ1v) is 10.5. The summed E-state index contributed by atoms with van der Waals surface area (Å²) < 4.78 is 2.04. The molecule has 0 aliphatic carbocycles. The first kappa shape index (κ1) is 20.0. The molecular formula is C24H23N3O2S. The van der Waals surface area contributed by atoms with Crippen LogP contribution in [0.4, 0.5) is 5.69 Å². The van der Waals surface area contributed by atoms with E-state index in [9.17, 15) is 9.59 Å². The van der Waals surface area contributed by atoms with Crippen molar-refractivity contribution < 1.29 is 4.79 Å². The van der Waals surface area contributed by atoms with Crippen molar-refractivity contribution in [3.63, 3.8) is 0 Å². The first-order chi connectivity index (χ1) is 14.6. The second kappa shape index (κ2) is 9.05. The Morgan fingerprint density at radius 1 is 0.933 bits per heavy atom. The Bertz CT molecular complexity index is 1320. The van der Waals surface area contributed by atoms with Gasteiger partial charge in [-0.2, -0.15) is 0 Å². The number of hydrogen-bond acceptors (Lipinski definition) is 3. The number of benzene rings is 3. The van der Waals surface area contributed by atoms with E-state index in [-0.39, 0.29) is 11.5 Å². The topological polar surface area (TPSA) is 66.9 Å². The lowest BCUT2D eigenvalue weighted by Gasteiger charge is -2.09. The second-order valence-electron chi connectivity index (χ2n) is 7.35. The van der Waals surface area contributed by atoms with Crippen LogP contribution in [-0.4, -0.2) is 15.5 Å². The van der Waals surface area contributed by atoms with E-state index >= 15 is 0 Å². The number of carbonyl (C=O) groups is 1. The fraction of sp³-hybridized carbons (Fsp3) is 0.208. The van der Waals surface area contributed by atoms with Gasteiger partial charge in [0.1, 0.15) is 0 Å². The Kier molecular flexibility index (Phi) is 6.05. The average molecular weight is 418 g/mol. The molecule has 30 heavy (non-hydrogen) atoms. The molecule has 3 aromatic carbocycles. The molecule has 0 aliphatic heterocycles. The molecule has 4 aromatic rings. The van der Waals surface area contributed by atoms with Crippen LogP contribution >= 0.6 is 12.2 Å². The maximum atomic E-state index is 12.6. The number of para-hydroxylation sites is 1. The van der Waals surface area contributed by atoms with Crippen LogP contribution in [0, 0.1) is 4.77 Å². The Balaban J connectivity index is 1.28. The minimum atomic E-state index is -0.0663. The Morgan fingerprint density at radius 3 is 2.57 bits per heavy atom. The van der Waals surface area contributed by atoms with E-state index in [1.807, 2.05) is 60.7 Å². The van der Waals surface area contributed by atoms with E-state index in [0.717, 1.165) is 41.2 Å². The standard InChI is InChI=1S/C24H23N3O2S/c28-22(25-19-14-13-17-8-3-4-9-18(17)16-19)12-2-1-7-15-27-23(29)20-10-5-6-11-21(20)26-24(27)30/h3-6,8-11,13-14,16H,1-2,7,12,15H2,(H,25,28)(H,26,30). The van der Waals surface area contributed by atoms with Crippen molar-refractivity contribution in [2.75, 3.05) is 5.32 Å². The van der Waals surface area contributed by atoms with Crippen LogP contribution < -0.4 is 10.9 Å². The minimum absolute atomic E-state index is 0.00504. The molecule has 0 bridgehead atoms. The van der Waals surface area contributed by atoms with E-state index in [1.54, 1.807) is 10.6 Å². The van der Waals surface area contributed by atoms with Gasteiger partial charge in [0, 0.05) is 18.7 Å². The van der Waals surface area contributed by atoms with Gasteiger partial charge in [-0.1, -0.05) is 48.9 Å². The molecule has 1 amide bonds. The van der Waals surface area contributed by atoms with Crippen LogP contribution in [0.15, 0.2) is 71.5 Å². The molecule has 4 rings (SSSR count). The maximum Gasteiger partial charge on any atom is 0.262 e. The summed E-state index contributed by atoms with van der Waals surface area (Å²) in [5.74, 6) is 0.00504. The SMILES string of the molecule is O=C(CCCCCn1c(=S)[nH]c2ccccc2c1=O)Nc1ccc2ccccc2c1. The van der Waals surface area contributed by atoms with E-state index in [4.69, 9.17) is 12.2 Å². The van der Waals surface area contributed by atoms with Gasteiger partial charge < -0.3 is 10.3 Å². The van der Waals surface area contributed by atoms with Crippen LogP contribution in [0.2, 0.25) is 0 Å². The Hall–Kier alpha value is -3.25. The Labute approximate surface area is 179 Å². The smallest absolute Gasteiger partial charge is 0.262 e. The summed E-state index contributed by atoms with van der Waals surface area (Å²) in [6, 6.07) is 21.4. The predicted octanol–water partition coefficient (Wildman–Crippen LogP) is 5.41. The van der Waals surface area contributed by atoms with Crippen molar-refractivity contribution in [1.82, 2.24) is 9.55 Å². The van der Waals surface area contributed by atoms with Crippen LogP contribution in [0.1, 0.15) is 25.7 Å². The third-order valence-corrected chi connectivity index (χ3v) is 5.53. The first-order valence-electron chi connectivity index (χ1n) is 10.1. The molecule has 0 radical (unpaired) electrons. The molecule has 0 aliphatic rings. The van der Waals surface area contributed by atoms with Gasteiger partial charge in [0.2, 0.25) is 5.91 Å². The van der Waals surface area contributed by atoms with Gasteiger partial charge in [-0.25, -0.2) is 0 Å². The third-order valence-electron chi connectivity index (χ3n) is 5.21. The van der Waals surface area contributed by atoms with Crippen molar-refractivity contribution in [3.05, 3.63) is 81.9 Å². The zero-order valence-corrected chi connectivity index (χ0v) is 17.4. The number of rotatable bonds is 7. The van der Waals surface area contributed by atoms with Crippen molar-refractivity contribution in [2.45, 2.75) is 32.2 Å². The van der Waals surface area contributed by atoms with E-state index < -0.39 is 0 Å². The number of nitrogens with zero attached hydrogens (tertiary/aromatic N) is 1. The van der Waals surface area contributed by atoms with Gasteiger partial charge in [-0.3, -0.25) is 14.2 Å². The van der Waals surface area contributed by atoms with Gasteiger partial charge in [0.25, 0.3) is 5.56 Å². The number of hydrogen-bond donors (Lipinski definition) is 2. The molecule has 1 heterocycles. The minimum Gasteiger partial charge on any atom is -0.332 e. The van der Waals surface area contributed by atoms with E-state index in [2.05, 4.69) is 10.3 Å². The highest BCUT2D eigenvalue weighted by Gasteiger charge is 2.06. The predicted molar refractivity (Wildman–Crippen MR) is 124 cm³/mol. The van der Waals surface area contributed by atoms with Gasteiger partial charge in [0.05, 0.1) is 10.9 Å². The molecule has 2 N–H and O–H groups in total. The summed E-state index contributed by atoms with van der Waals surface area (Å²) in [6.45, 7) is 0.547. The molecule has 1 aromatic heterocycles. The Morgan fingerprint density at radius 2 is 1.70 bits per heavy atom. The van der Waals surface area contributed by atoms with Crippen molar-refractivity contribution in [2.24, 2.45) is 0 Å². The van der Waals surface area contributed by atoms with Gasteiger partial charge in [0.15, 0.2) is 4.77 Å². The highest BCUT2D eigenvalue weighted by atomic mass is 32.1. The molecule has 0 spiro atoms. The fourth-order valence-corrected chi connectivity index (χ4v) is 3.91. The lowest BCUT2D eigenvalue weighted by Crippen LogP contribution is -2.22. The van der Waals surface area contributed by atoms with Crippen molar-refractivity contribution in [1.29, 1.82) is 0 Å². The number of nitrogens with one attached hydrogen (secondary N) is 2. The van der Waals surface area contributed by atoms with Gasteiger partial charge >= 0.3 is 0 Å². The van der Waals surface area contributed by atoms with Crippen molar-refractivity contribution in [3.8, 4) is 0 Å². The molecule has 0 fully saturated rings. The maximum absolute atomic E-state index is 12.6. The zero-order valence-electron chi connectivity index (χ0n) is 16.6. The molecule has 0 unspecified atom stereocenters. The van der Waals surface area contributed by atoms with Gasteiger partial charge in [-0.05, 0) is 60.1 Å². The third kappa shape index (κ3) is 4.49. The number of carbonyl (C=O) groups excluding carboxylic acids is 1. The summed E-state index contributed by atoms with van der Waals surface area (Å²) in [5, 5.41) is 5.86. The summed E-state index contributed by atoms with van der Waals surface area (Å²) >= 11 is 5.34. The molecule has 152 valence electrons. The highest BCUT2D eigenvalue weighted by Crippen LogP contribution is 2.19. The van der Waals surface area contributed by atoms with Crippen molar-refractivity contribution >= 4 is 45.5 Å². The van der Waals surface area contributed by atoms with Crippen LogP contribution in [0.3, 0.4) is 0 Å². The number of unbranched alkanes of at least 4 members (excludes halogenated alkanes) is 2. The summed E-state index contributed by atoms with van der Waals surface area (Å²) in [6.07, 6.45) is 2.85. The molecule has 0 saturated heterocycles. The van der Waals surface area contributed by atoms with Gasteiger partial charge in [-0.15, -0.1) is 0 Å². The summed E-state index contributed by atoms with van der Waals surface area (Å²) in [4.78, 5) is 28.0. The quantitative estimate of drug-likeness (QED) is 0.312. The normalized spacial score (nSPS) is 11.1. The number of aromatic nitrogens is 2. The van der Waals surface area contributed by atoms with E-state index in [0.29, 0.717) is 23.1 Å². The number of fused-ring (bicyclic) bond motifs is 2. The number of anilines is 1. The lowest BCUT2D eigenvalue weighted by molar-refractivity contribution is -0.116. The van der Waals surface area contributed by atoms with Crippen LogP contribution in [0.5, 0.6) is 0 Å². The number of amides is 1. The zero-order chi connectivity index (χ0) is 20.9.